The van der Waals surface area contributed by atoms with Crippen LogP contribution in [0.3, 0.4) is 0 Å². The van der Waals surface area contributed by atoms with Gasteiger partial charge in [0.2, 0.25) is 5.91 Å². The van der Waals surface area contributed by atoms with Gasteiger partial charge >= 0.3 is 0 Å². The van der Waals surface area contributed by atoms with Crippen LogP contribution in [-0.4, -0.2) is 26.7 Å². The highest BCUT2D eigenvalue weighted by atomic mass is 35.5. The second-order valence-corrected chi connectivity index (χ2v) is 5.11. The highest BCUT2D eigenvalue weighted by molar-refractivity contribution is 5.95. The molecule has 1 aromatic heterocycles. The number of aryl methyl sites for hydroxylation is 1. The van der Waals surface area contributed by atoms with Gasteiger partial charge in [-0.05, 0) is 18.1 Å². The molecule has 6 nitrogen and oxygen atoms in total. The van der Waals surface area contributed by atoms with E-state index in [1.54, 1.807) is 6.33 Å². The Hall–Kier alpha value is -1.92. The van der Waals surface area contributed by atoms with Gasteiger partial charge < -0.3 is 15.6 Å². The highest BCUT2D eigenvalue weighted by Gasteiger charge is 2.17. The molecule has 114 valence electrons. The van der Waals surface area contributed by atoms with E-state index >= 15 is 0 Å². The molecule has 2 aromatic rings. The Kier molecular flexibility index (Phi) is 5.87. The lowest BCUT2D eigenvalue weighted by Gasteiger charge is -2.15. The minimum atomic E-state index is -0.520. The van der Waals surface area contributed by atoms with Gasteiger partial charge in [-0.2, -0.15) is 0 Å². The van der Waals surface area contributed by atoms with Gasteiger partial charge in [0, 0.05) is 18.3 Å². The van der Waals surface area contributed by atoms with Gasteiger partial charge in [0.25, 0.3) is 0 Å². The van der Waals surface area contributed by atoms with Crippen molar-refractivity contribution in [2.45, 2.75) is 19.9 Å². The van der Waals surface area contributed by atoms with Crippen LogP contribution in [0.5, 0.6) is 0 Å². The Labute approximate surface area is 130 Å². The zero-order chi connectivity index (χ0) is 14.7. The molecule has 0 aliphatic rings. The van der Waals surface area contributed by atoms with E-state index in [2.05, 4.69) is 15.5 Å². The number of benzene rings is 1. The lowest BCUT2D eigenvalue weighted by atomic mass is 10.0. The highest BCUT2D eigenvalue weighted by Crippen LogP contribution is 2.20. The fourth-order valence-electron chi connectivity index (χ4n) is 1.81. The summed E-state index contributed by atoms with van der Waals surface area (Å²) in [6, 6.07) is 6.94. The minimum Gasteiger partial charge on any atom is -0.325 e. The summed E-state index contributed by atoms with van der Waals surface area (Å²) in [4.78, 5) is 11.9. The van der Waals surface area contributed by atoms with Crippen molar-refractivity contribution in [2.75, 3.05) is 5.32 Å². The van der Waals surface area contributed by atoms with Crippen molar-refractivity contribution in [1.29, 1.82) is 0 Å². The number of carbonyl (C=O) groups is 1. The van der Waals surface area contributed by atoms with Crippen molar-refractivity contribution in [1.82, 2.24) is 14.8 Å². The smallest absolute Gasteiger partial charge is 0.241 e. The fraction of sp³-hybridized carbons (Fsp3) is 0.357. The standard InChI is InChI=1S/C14H19N5O.ClH/c1-9(2)12(15)14(20)17-11-6-4-5-10(7-11)13-18-16-8-19(13)3;/h4-9,12H,15H2,1-3H3,(H,17,20);1H/t12-;/m1./s1. The van der Waals surface area contributed by atoms with E-state index in [0.717, 1.165) is 11.4 Å². The zero-order valence-electron chi connectivity index (χ0n) is 12.3. The van der Waals surface area contributed by atoms with E-state index < -0.39 is 6.04 Å². The van der Waals surface area contributed by atoms with E-state index in [4.69, 9.17) is 5.73 Å². The van der Waals surface area contributed by atoms with Crippen molar-refractivity contribution in [3.63, 3.8) is 0 Å². The predicted molar refractivity (Wildman–Crippen MR) is 85.1 cm³/mol. The third-order valence-electron chi connectivity index (χ3n) is 3.12. The molecule has 0 aliphatic heterocycles. The number of amides is 1. The fourth-order valence-corrected chi connectivity index (χ4v) is 1.81. The van der Waals surface area contributed by atoms with Crippen LogP contribution in [0.1, 0.15) is 13.8 Å². The molecule has 0 unspecified atom stereocenters. The number of nitrogens with zero attached hydrogens (tertiary/aromatic N) is 3. The third kappa shape index (κ3) is 4.03. The molecule has 0 fully saturated rings. The number of rotatable bonds is 4. The Morgan fingerprint density at radius 2 is 2.10 bits per heavy atom. The zero-order valence-corrected chi connectivity index (χ0v) is 13.1. The van der Waals surface area contributed by atoms with E-state index in [-0.39, 0.29) is 24.2 Å². The summed E-state index contributed by atoms with van der Waals surface area (Å²) in [5.74, 6) is 0.654. The average molecular weight is 310 g/mol. The molecule has 2 rings (SSSR count). The van der Waals surface area contributed by atoms with Crippen LogP contribution >= 0.6 is 12.4 Å². The van der Waals surface area contributed by atoms with E-state index in [1.807, 2.05) is 49.7 Å². The van der Waals surface area contributed by atoms with Crippen LogP contribution < -0.4 is 11.1 Å². The van der Waals surface area contributed by atoms with Crippen LogP contribution in [0.15, 0.2) is 30.6 Å². The summed E-state index contributed by atoms with van der Waals surface area (Å²) in [5.41, 5.74) is 7.42. The van der Waals surface area contributed by atoms with Gasteiger partial charge in [0.05, 0.1) is 6.04 Å². The average Bonchev–Trinajstić information content (AvgIpc) is 2.84. The number of carbonyl (C=O) groups excluding carboxylic acids is 1. The number of halogens is 1. The molecule has 1 atom stereocenters. The molecule has 0 spiro atoms. The monoisotopic (exact) mass is 309 g/mol. The quantitative estimate of drug-likeness (QED) is 0.902. The molecule has 0 aliphatic carbocycles. The van der Waals surface area contributed by atoms with Crippen LogP contribution in [0, 0.1) is 5.92 Å². The summed E-state index contributed by atoms with van der Waals surface area (Å²) in [6.07, 6.45) is 1.63. The van der Waals surface area contributed by atoms with Crippen molar-refractivity contribution in [3.8, 4) is 11.4 Å². The van der Waals surface area contributed by atoms with Crippen LogP contribution in [0.4, 0.5) is 5.69 Å². The molecule has 1 heterocycles. The van der Waals surface area contributed by atoms with Gasteiger partial charge in [0.1, 0.15) is 6.33 Å². The molecule has 0 bridgehead atoms. The topological polar surface area (TPSA) is 85.8 Å². The maximum Gasteiger partial charge on any atom is 0.241 e. The summed E-state index contributed by atoms with van der Waals surface area (Å²) in [5, 5.41) is 10.7. The molecule has 0 saturated carbocycles. The summed E-state index contributed by atoms with van der Waals surface area (Å²) in [7, 11) is 1.87. The normalized spacial score (nSPS) is 11.9. The van der Waals surface area contributed by atoms with E-state index in [9.17, 15) is 4.79 Å². The number of anilines is 1. The Balaban J connectivity index is 0.00000220. The Morgan fingerprint density at radius 3 is 2.67 bits per heavy atom. The van der Waals surface area contributed by atoms with Crippen LogP contribution in [0.25, 0.3) is 11.4 Å². The molecule has 7 heteroatoms. The van der Waals surface area contributed by atoms with Gasteiger partial charge in [0.15, 0.2) is 5.82 Å². The SMILES string of the molecule is CC(C)[C@@H](N)C(=O)Nc1cccc(-c2nncn2C)c1.Cl. The lowest BCUT2D eigenvalue weighted by Crippen LogP contribution is -2.39. The predicted octanol–water partition coefficient (Wildman–Crippen LogP) is 1.83. The lowest BCUT2D eigenvalue weighted by molar-refractivity contribution is -0.118. The number of hydrogen-bond acceptors (Lipinski definition) is 4. The van der Waals surface area contributed by atoms with E-state index in [1.165, 1.54) is 0 Å². The maximum absolute atomic E-state index is 11.9. The summed E-state index contributed by atoms with van der Waals surface area (Å²) >= 11 is 0. The first kappa shape index (κ1) is 17.1. The Bertz CT molecular complexity index is 611. The van der Waals surface area contributed by atoms with Crippen molar-refractivity contribution >= 4 is 24.0 Å². The second-order valence-electron chi connectivity index (χ2n) is 5.11. The molecule has 1 aromatic carbocycles. The molecule has 3 N–H and O–H groups in total. The first-order valence-electron chi connectivity index (χ1n) is 6.50. The number of aromatic nitrogens is 3. The van der Waals surface area contributed by atoms with Gasteiger partial charge in [-0.1, -0.05) is 26.0 Å². The second kappa shape index (κ2) is 7.19. The number of hydrogen-bond donors (Lipinski definition) is 2. The third-order valence-corrected chi connectivity index (χ3v) is 3.12. The first-order chi connectivity index (χ1) is 9.49. The molecular weight excluding hydrogens is 290 g/mol. The molecule has 0 radical (unpaired) electrons. The Morgan fingerprint density at radius 1 is 1.38 bits per heavy atom. The van der Waals surface area contributed by atoms with Gasteiger partial charge in [-0.25, -0.2) is 0 Å². The van der Waals surface area contributed by atoms with Crippen molar-refractivity contribution in [3.05, 3.63) is 30.6 Å². The van der Waals surface area contributed by atoms with Crippen LogP contribution in [-0.2, 0) is 11.8 Å². The molecular formula is C14H20ClN5O. The largest absolute Gasteiger partial charge is 0.325 e. The van der Waals surface area contributed by atoms with Crippen molar-refractivity contribution in [2.24, 2.45) is 18.7 Å². The van der Waals surface area contributed by atoms with Crippen molar-refractivity contribution < 1.29 is 4.79 Å². The summed E-state index contributed by atoms with van der Waals surface area (Å²) in [6.45, 7) is 3.83. The summed E-state index contributed by atoms with van der Waals surface area (Å²) < 4.78 is 1.82. The first-order valence-corrected chi connectivity index (χ1v) is 6.50. The maximum atomic E-state index is 11.9. The van der Waals surface area contributed by atoms with Crippen LogP contribution in [0.2, 0.25) is 0 Å². The molecule has 21 heavy (non-hydrogen) atoms. The molecule has 0 saturated heterocycles. The van der Waals surface area contributed by atoms with Gasteiger partial charge in [-0.3, -0.25) is 4.79 Å². The number of nitrogens with one attached hydrogen (secondary N) is 1. The minimum absolute atomic E-state index is 0. The number of nitrogens with two attached hydrogens (primary N) is 1. The van der Waals surface area contributed by atoms with E-state index in [0.29, 0.717) is 5.69 Å². The molecule has 1 amide bonds. The van der Waals surface area contributed by atoms with Gasteiger partial charge in [-0.15, -0.1) is 22.6 Å².